The van der Waals surface area contributed by atoms with Gasteiger partial charge in [0.25, 0.3) is 0 Å². The highest BCUT2D eigenvalue weighted by atomic mass is 16.2. The third-order valence-electron chi connectivity index (χ3n) is 13.8. The Morgan fingerprint density at radius 3 is 2.33 bits per heavy atom. The van der Waals surface area contributed by atoms with Gasteiger partial charge in [-0.05, 0) is 85.5 Å². The Labute approximate surface area is 234 Å². The molecule has 0 aromatic carbocycles. The minimum absolute atomic E-state index is 0.0573. The van der Waals surface area contributed by atoms with E-state index in [0.717, 1.165) is 57.1 Å². The summed E-state index contributed by atoms with van der Waals surface area (Å²) < 4.78 is 0. The fourth-order valence-corrected chi connectivity index (χ4v) is 11.4. The molecule has 39 heavy (non-hydrogen) atoms. The van der Waals surface area contributed by atoms with Crippen LogP contribution < -0.4 is 0 Å². The second-order valence-electron chi connectivity index (χ2n) is 15.4. The molecular weight excluding hydrogens is 484 g/mol. The van der Waals surface area contributed by atoms with E-state index in [1.54, 1.807) is 0 Å². The maximum atomic E-state index is 14.6. The molecule has 5 aliphatic carbocycles. The molecule has 6 aliphatic rings. The number of ketones is 2. The van der Waals surface area contributed by atoms with Crippen LogP contribution in [0, 0.1) is 57.8 Å². The van der Waals surface area contributed by atoms with E-state index in [0.29, 0.717) is 18.3 Å². The maximum Gasteiger partial charge on any atom is 0.226 e. The summed E-state index contributed by atoms with van der Waals surface area (Å²) in [7, 11) is 0. The number of carbonyl (C=O) groups is 3. The lowest BCUT2D eigenvalue weighted by molar-refractivity contribution is -0.186. The SMILES string of the molecule is [C-]#[N+]C1=C[C@]2(C)C3=CC(=O)[C@@H]4[C@@H]5[C@@H](C)[C@H](C)CC[C@]5(N5CCCC5=O)CC[C@@]4(C)[C@]3(C)CC[C@H]2C(C)(C)C1=O. The van der Waals surface area contributed by atoms with E-state index in [1.165, 1.54) is 0 Å². The second kappa shape index (κ2) is 8.17. The summed E-state index contributed by atoms with van der Waals surface area (Å²) in [6.45, 7) is 24.3. The lowest BCUT2D eigenvalue weighted by atomic mass is 9.34. The molecule has 5 heteroatoms. The Morgan fingerprint density at radius 2 is 1.69 bits per heavy atom. The zero-order valence-corrected chi connectivity index (χ0v) is 25.0. The van der Waals surface area contributed by atoms with E-state index in [-0.39, 0.29) is 57.3 Å². The molecule has 1 aliphatic heterocycles. The minimum Gasteiger partial charge on any atom is -0.337 e. The van der Waals surface area contributed by atoms with Crippen LogP contribution in [0.25, 0.3) is 4.85 Å². The van der Waals surface area contributed by atoms with Crippen molar-refractivity contribution in [1.82, 2.24) is 4.90 Å². The van der Waals surface area contributed by atoms with Gasteiger partial charge in [0.05, 0.1) is 6.57 Å². The molecule has 0 spiro atoms. The van der Waals surface area contributed by atoms with Gasteiger partial charge in [0, 0.05) is 35.3 Å². The molecule has 0 radical (unpaired) electrons. The summed E-state index contributed by atoms with van der Waals surface area (Å²) in [6, 6.07) is 0. The predicted octanol–water partition coefficient (Wildman–Crippen LogP) is 6.79. The molecule has 0 aromatic rings. The number of amides is 1. The molecule has 9 atom stereocenters. The fraction of sp³-hybridized carbons (Fsp3) is 0.765. The van der Waals surface area contributed by atoms with Crippen LogP contribution >= 0.6 is 0 Å². The van der Waals surface area contributed by atoms with Gasteiger partial charge in [0.15, 0.2) is 11.6 Å². The van der Waals surface area contributed by atoms with Crippen molar-refractivity contribution in [2.45, 2.75) is 105 Å². The molecule has 1 saturated heterocycles. The highest BCUT2D eigenvalue weighted by molar-refractivity contribution is 6.03. The van der Waals surface area contributed by atoms with Gasteiger partial charge >= 0.3 is 0 Å². The van der Waals surface area contributed by atoms with Crippen molar-refractivity contribution in [2.75, 3.05) is 6.54 Å². The average molecular weight is 531 g/mol. The van der Waals surface area contributed by atoms with E-state index >= 15 is 0 Å². The van der Waals surface area contributed by atoms with Crippen molar-refractivity contribution in [3.8, 4) is 0 Å². The van der Waals surface area contributed by atoms with Crippen molar-refractivity contribution in [3.05, 3.63) is 34.8 Å². The zero-order valence-electron chi connectivity index (χ0n) is 25.0. The van der Waals surface area contributed by atoms with Crippen molar-refractivity contribution < 1.29 is 14.4 Å². The largest absolute Gasteiger partial charge is 0.337 e. The number of likely N-dealkylation sites (tertiary alicyclic amines) is 1. The number of fused-ring (bicyclic) bond motifs is 7. The first-order valence-corrected chi connectivity index (χ1v) is 15.4. The summed E-state index contributed by atoms with van der Waals surface area (Å²) in [5, 5.41) is 0. The Hall–Kier alpha value is -2.22. The summed E-state index contributed by atoms with van der Waals surface area (Å²) in [6.07, 6.45) is 11.4. The van der Waals surface area contributed by atoms with Gasteiger partial charge in [-0.3, -0.25) is 9.59 Å². The van der Waals surface area contributed by atoms with Gasteiger partial charge in [-0.15, -0.1) is 0 Å². The van der Waals surface area contributed by atoms with Gasteiger partial charge in [0.1, 0.15) is 0 Å². The molecule has 0 unspecified atom stereocenters. The van der Waals surface area contributed by atoms with Crippen LogP contribution in [0.3, 0.4) is 0 Å². The third kappa shape index (κ3) is 3.10. The Balaban J connectivity index is 1.53. The fourth-order valence-electron chi connectivity index (χ4n) is 11.4. The molecule has 4 fully saturated rings. The molecule has 5 nitrogen and oxygen atoms in total. The van der Waals surface area contributed by atoms with E-state index < -0.39 is 10.8 Å². The first-order chi connectivity index (χ1) is 18.2. The molecule has 0 bridgehead atoms. The Kier molecular flexibility index (Phi) is 5.65. The molecule has 0 N–H and O–H groups in total. The molecule has 6 rings (SSSR count). The highest BCUT2D eigenvalue weighted by Gasteiger charge is 2.71. The van der Waals surface area contributed by atoms with Crippen LogP contribution in [0.15, 0.2) is 23.4 Å². The quantitative estimate of drug-likeness (QED) is 0.351. The van der Waals surface area contributed by atoms with E-state index in [4.69, 9.17) is 6.57 Å². The maximum absolute atomic E-state index is 14.6. The highest BCUT2D eigenvalue weighted by Crippen LogP contribution is 2.74. The van der Waals surface area contributed by atoms with Crippen molar-refractivity contribution in [3.63, 3.8) is 0 Å². The number of carbonyl (C=O) groups excluding carboxylic acids is 3. The average Bonchev–Trinajstić information content (AvgIpc) is 3.32. The smallest absolute Gasteiger partial charge is 0.226 e. The number of hydrogen-bond donors (Lipinski definition) is 0. The van der Waals surface area contributed by atoms with Crippen LogP contribution in [-0.2, 0) is 14.4 Å². The lowest BCUT2D eigenvalue weighted by Crippen LogP contribution is -2.70. The van der Waals surface area contributed by atoms with Crippen LogP contribution in [0.4, 0.5) is 0 Å². The van der Waals surface area contributed by atoms with Gasteiger partial charge < -0.3 is 9.69 Å². The summed E-state index contributed by atoms with van der Waals surface area (Å²) in [4.78, 5) is 47.1. The standard InChI is InChI=1S/C34H46N2O3/c1-20-11-14-34(36-17-9-10-26(36)38)16-15-33(7)28(27(34)21(20)2)23(37)18-25-31(5)19-22(35-8)29(39)30(3,4)24(31)12-13-32(25,33)6/h18-21,24,27-28H,9-17H2,1-7H3/t20-,21+,24+,27+,28-,31+,32-,33-,34+/m1/s1. The third-order valence-corrected chi connectivity index (χ3v) is 13.8. The molecule has 210 valence electrons. The minimum atomic E-state index is -0.641. The van der Waals surface area contributed by atoms with E-state index in [2.05, 4.69) is 44.4 Å². The van der Waals surface area contributed by atoms with E-state index in [1.807, 2.05) is 26.0 Å². The summed E-state index contributed by atoms with van der Waals surface area (Å²) in [5.74, 6) is 1.45. The Bertz CT molecular complexity index is 1270. The number of Topliss-reactive ketones (excluding diaryl/α,β-unsaturated/α-hetero) is 1. The number of nitrogens with zero attached hydrogens (tertiary/aromatic N) is 2. The van der Waals surface area contributed by atoms with E-state index in [9.17, 15) is 14.4 Å². The number of allylic oxidation sites excluding steroid dienone is 4. The molecule has 0 aromatic heterocycles. The lowest BCUT2D eigenvalue weighted by Gasteiger charge is -2.70. The molecular formula is C34H46N2O3. The zero-order chi connectivity index (χ0) is 28.3. The summed E-state index contributed by atoms with van der Waals surface area (Å²) in [5.41, 5.74) is -0.415. The Morgan fingerprint density at radius 1 is 0.974 bits per heavy atom. The van der Waals surface area contributed by atoms with Crippen LogP contribution in [0.2, 0.25) is 0 Å². The number of hydrogen-bond acceptors (Lipinski definition) is 3. The van der Waals surface area contributed by atoms with Crippen molar-refractivity contribution in [1.29, 1.82) is 0 Å². The van der Waals surface area contributed by atoms with Gasteiger partial charge in [-0.25, -0.2) is 4.85 Å². The van der Waals surface area contributed by atoms with Crippen LogP contribution in [0.1, 0.15) is 99.8 Å². The van der Waals surface area contributed by atoms with Gasteiger partial charge in [-0.2, -0.15) is 0 Å². The monoisotopic (exact) mass is 530 g/mol. The first-order valence-electron chi connectivity index (χ1n) is 15.4. The van der Waals surface area contributed by atoms with Gasteiger partial charge in [0.2, 0.25) is 11.6 Å². The molecule has 3 saturated carbocycles. The molecule has 1 heterocycles. The van der Waals surface area contributed by atoms with Gasteiger partial charge in [-0.1, -0.05) is 60.1 Å². The van der Waals surface area contributed by atoms with Crippen molar-refractivity contribution >= 4 is 17.5 Å². The van der Waals surface area contributed by atoms with Crippen LogP contribution in [-0.4, -0.2) is 34.5 Å². The summed E-state index contributed by atoms with van der Waals surface area (Å²) >= 11 is 0. The van der Waals surface area contributed by atoms with Crippen molar-refractivity contribution in [2.24, 2.45) is 51.2 Å². The normalized spacial score (nSPS) is 48.7. The molecule has 1 amide bonds. The first kappa shape index (κ1) is 27.0. The predicted molar refractivity (Wildman–Crippen MR) is 151 cm³/mol. The number of rotatable bonds is 1. The van der Waals surface area contributed by atoms with Crippen LogP contribution in [0.5, 0.6) is 0 Å². The second-order valence-corrected chi connectivity index (χ2v) is 15.4. The topological polar surface area (TPSA) is 58.8 Å².